The Morgan fingerprint density at radius 1 is 1.47 bits per heavy atom. The van der Waals surface area contributed by atoms with Gasteiger partial charge in [0, 0.05) is 12.6 Å². The van der Waals surface area contributed by atoms with Gasteiger partial charge in [-0.1, -0.05) is 6.92 Å². The van der Waals surface area contributed by atoms with Crippen LogP contribution in [0.5, 0.6) is 0 Å². The van der Waals surface area contributed by atoms with E-state index in [-0.39, 0.29) is 18.0 Å². The lowest BCUT2D eigenvalue weighted by Crippen LogP contribution is -2.27. The van der Waals surface area contributed by atoms with Gasteiger partial charge in [0.05, 0.1) is 17.8 Å². The third kappa shape index (κ3) is 2.85. The summed E-state index contributed by atoms with van der Waals surface area (Å²) >= 11 is 0. The number of nitrogens with two attached hydrogens (primary N) is 1. The average molecular weight is 287 g/mol. The van der Waals surface area contributed by atoms with Crippen LogP contribution in [0.25, 0.3) is 0 Å². The number of carbonyl (C=O) groups excluding carboxylic acids is 1. The van der Waals surface area contributed by atoms with Crippen molar-refractivity contribution in [3.05, 3.63) is 23.5 Å². The lowest BCUT2D eigenvalue weighted by Gasteiger charge is -2.17. The first-order chi connectivity index (χ1) is 8.81. The molecule has 0 unspecified atom stereocenters. The number of nitrogens with one attached hydrogen (secondary N) is 1. The van der Waals surface area contributed by atoms with Crippen LogP contribution in [-0.4, -0.2) is 20.9 Å². The van der Waals surface area contributed by atoms with E-state index in [1.165, 1.54) is 11.0 Å². The molecule has 0 saturated heterocycles. The van der Waals surface area contributed by atoms with Crippen LogP contribution < -0.4 is 14.8 Å². The Kier molecular flexibility index (Phi) is 3.46. The molecule has 8 heteroatoms. The number of rotatable bonds is 4. The van der Waals surface area contributed by atoms with E-state index in [1.807, 2.05) is 11.6 Å². The molecule has 1 aromatic carbocycles. The Morgan fingerprint density at radius 3 is 2.74 bits per heavy atom. The second-order valence-electron chi connectivity index (χ2n) is 4.33. The number of hydrogen-bond acceptors (Lipinski definition) is 3. The average Bonchev–Trinajstić information content (AvgIpc) is 2.55. The molecule has 0 aliphatic carbocycles. The van der Waals surface area contributed by atoms with Gasteiger partial charge >= 0.3 is 0 Å². The van der Waals surface area contributed by atoms with Crippen LogP contribution >= 0.6 is 0 Å². The van der Waals surface area contributed by atoms with E-state index in [9.17, 15) is 17.6 Å². The summed E-state index contributed by atoms with van der Waals surface area (Å²) in [5, 5.41) is 4.80. The highest BCUT2D eigenvalue weighted by molar-refractivity contribution is 7.90. The molecule has 3 N–H and O–H groups in total. The molecule has 6 nitrogen and oxygen atoms in total. The van der Waals surface area contributed by atoms with Gasteiger partial charge in [0.15, 0.2) is 0 Å². The molecule has 0 fully saturated rings. The highest BCUT2D eigenvalue weighted by atomic mass is 32.2. The molecule has 0 saturated carbocycles. The Balaban J connectivity index is 2.41. The molecule has 1 aromatic rings. The molecule has 0 radical (unpaired) electrons. The van der Waals surface area contributed by atoms with Crippen LogP contribution in [0.2, 0.25) is 0 Å². The van der Waals surface area contributed by atoms with Gasteiger partial charge < -0.3 is 4.90 Å². The molecule has 19 heavy (non-hydrogen) atoms. The number of benzene rings is 1. The molecular formula is C11H14FN3O3S. The number of carbonyl (C=O) groups is 1. The quantitative estimate of drug-likeness (QED) is 0.855. The zero-order chi connectivity index (χ0) is 14.2. The predicted octanol–water partition coefficient (Wildman–Crippen LogP) is 0.740. The molecule has 1 aliphatic rings. The van der Waals surface area contributed by atoms with Crippen molar-refractivity contribution in [2.75, 3.05) is 16.2 Å². The Labute approximate surface area is 110 Å². The summed E-state index contributed by atoms with van der Waals surface area (Å²) in [6.07, 6.45) is 0.888. The van der Waals surface area contributed by atoms with Gasteiger partial charge in [0.25, 0.3) is 10.2 Å². The minimum absolute atomic E-state index is 0.121. The lowest BCUT2D eigenvalue weighted by atomic mass is 10.1. The van der Waals surface area contributed by atoms with E-state index in [0.717, 1.165) is 12.5 Å². The maximum absolute atomic E-state index is 13.8. The minimum atomic E-state index is -4.04. The van der Waals surface area contributed by atoms with Crippen molar-refractivity contribution in [2.24, 2.45) is 5.14 Å². The SMILES string of the molecule is CCCN1C(=O)Cc2cc(NS(N)(=O)=O)c(F)cc21. The molecule has 0 bridgehead atoms. The molecule has 2 rings (SSSR count). The Morgan fingerprint density at radius 2 is 2.16 bits per heavy atom. The minimum Gasteiger partial charge on any atom is -0.312 e. The number of anilines is 2. The second kappa shape index (κ2) is 4.78. The van der Waals surface area contributed by atoms with Crippen LogP contribution in [0.3, 0.4) is 0 Å². The van der Waals surface area contributed by atoms with E-state index in [4.69, 9.17) is 5.14 Å². The molecule has 1 aliphatic heterocycles. The fourth-order valence-corrected chi connectivity index (χ4v) is 2.56. The van der Waals surface area contributed by atoms with Crippen molar-refractivity contribution < 1.29 is 17.6 Å². The Hall–Kier alpha value is -1.67. The number of hydrogen-bond donors (Lipinski definition) is 2. The van der Waals surface area contributed by atoms with Crippen molar-refractivity contribution in [1.82, 2.24) is 0 Å². The molecular weight excluding hydrogens is 273 g/mol. The summed E-state index contributed by atoms with van der Waals surface area (Å²) in [6.45, 7) is 2.42. The maximum Gasteiger partial charge on any atom is 0.296 e. The van der Waals surface area contributed by atoms with Crippen LogP contribution in [0.15, 0.2) is 12.1 Å². The highest BCUT2D eigenvalue weighted by Gasteiger charge is 2.28. The number of nitrogens with zero attached hydrogens (tertiary/aromatic N) is 1. The van der Waals surface area contributed by atoms with Crippen LogP contribution in [0, 0.1) is 5.82 Å². The van der Waals surface area contributed by atoms with Crippen LogP contribution in [0.1, 0.15) is 18.9 Å². The van der Waals surface area contributed by atoms with Crippen molar-refractivity contribution in [3.8, 4) is 0 Å². The normalized spacial score (nSPS) is 14.7. The molecule has 104 valence electrons. The van der Waals surface area contributed by atoms with E-state index in [2.05, 4.69) is 0 Å². The number of amides is 1. The molecule has 0 atom stereocenters. The van der Waals surface area contributed by atoms with E-state index in [1.54, 1.807) is 0 Å². The Bertz CT molecular complexity index is 630. The zero-order valence-electron chi connectivity index (χ0n) is 10.3. The van der Waals surface area contributed by atoms with Crippen LogP contribution in [-0.2, 0) is 21.4 Å². The highest BCUT2D eigenvalue weighted by Crippen LogP contribution is 2.33. The van der Waals surface area contributed by atoms with Gasteiger partial charge in [-0.3, -0.25) is 9.52 Å². The standard InChI is InChI=1S/C11H14FN3O3S/c1-2-3-15-10-6-8(12)9(14-19(13,17)18)4-7(10)5-11(15)16/h4,6,14H,2-3,5H2,1H3,(H2,13,17,18). The van der Waals surface area contributed by atoms with E-state index >= 15 is 0 Å². The monoisotopic (exact) mass is 287 g/mol. The molecule has 0 spiro atoms. The fourth-order valence-electron chi connectivity index (χ4n) is 2.09. The van der Waals surface area contributed by atoms with Gasteiger partial charge in [-0.25, -0.2) is 9.53 Å². The summed E-state index contributed by atoms with van der Waals surface area (Å²) in [5.74, 6) is -0.882. The summed E-state index contributed by atoms with van der Waals surface area (Å²) in [5.41, 5.74) is 0.836. The summed E-state index contributed by atoms with van der Waals surface area (Å²) in [6, 6.07) is 2.46. The molecule has 0 aromatic heterocycles. The maximum atomic E-state index is 13.8. The van der Waals surface area contributed by atoms with Crippen molar-refractivity contribution in [3.63, 3.8) is 0 Å². The smallest absolute Gasteiger partial charge is 0.296 e. The first kappa shape index (κ1) is 13.8. The van der Waals surface area contributed by atoms with E-state index in [0.29, 0.717) is 17.8 Å². The van der Waals surface area contributed by atoms with Gasteiger partial charge in [-0.2, -0.15) is 8.42 Å². The zero-order valence-corrected chi connectivity index (χ0v) is 11.1. The van der Waals surface area contributed by atoms with Crippen LogP contribution in [0.4, 0.5) is 15.8 Å². The third-order valence-corrected chi connectivity index (χ3v) is 3.31. The summed E-state index contributed by atoms with van der Waals surface area (Å²) in [7, 11) is -4.04. The van der Waals surface area contributed by atoms with Crippen molar-refractivity contribution in [1.29, 1.82) is 0 Å². The largest absolute Gasteiger partial charge is 0.312 e. The summed E-state index contributed by atoms with van der Waals surface area (Å²) in [4.78, 5) is 13.3. The van der Waals surface area contributed by atoms with Gasteiger partial charge in [-0.05, 0) is 18.1 Å². The predicted molar refractivity (Wildman–Crippen MR) is 69.5 cm³/mol. The first-order valence-electron chi connectivity index (χ1n) is 5.75. The van der Waals surface area contributed by atoms with E-state index < -0.39 is 16.0 Å². The van der Waals surface area contributed by atoms with Crippen molar-refractivity contribution in [2.45, 2.75) is 19.8 Å². The first-order valence-corrected chi connectivity index (χ1v) is 7.29. The second-order valence-corrected chi connectivity index (χ2v) is 5.62. The van der Waals surface area contributed by atoms with Crippen molar-refractivity contribution >= 4 is 27.5 Å². The molecule has 1 heterocycles. The molecule has 1 amide bonds. The van der Waals surface area contributed by atoms with Gasteiger partial charge in [-0.15, -0.1) is 0 Å². The number of fused-ring (bicyclic) bond motifs is 1. The topological polar surface area (TPSA) is 92.5 Å². The van der Waals surface area contributed by atoms with Gasteiger partial charge in [0.1, 0.15) is 5.82 Å². The number of halogens is 1. The fraction of sp³-hybridized carbons (Fsp3) is 0.364. The third-order valence-electron chi connectivity index (χ3n) is 2.80. The summed E-state index contributed by atoms with van der Waals surface area (Å²) < 4.78 is 37.5. The lowest BCUT2D eigenvalue weighted by molar-refractivity contribution is -0.117. The van der Waals surface area contributed by atoms with Gasteiger partial charge in [0.2, 0.25) is 5.91 Å².